The number of carbonyl (C=O) groups excluding carboxylic acids is 2. The molecule has 46 heavy (non-hydrogen) atoms. The van der Waals surface area contributed by atoms with Gasteiger partial charge in [0.25, 0.3) is 5.91 Å². The minimum atomic E-state index is -4.60. The molecule has 1 saturated heterocycles. The van der Waals surface area contributed by atoms with Crippen molar-refractivity contribution in [3.8, 4) is 16.9 Å². The van der Waals surface area contributed by atoms with Gasteiger partial charge in [0.15, 0.2) is 5.69 Å². The zero-order chi connectivity index (χ0) is 32.0. The average Bonchev–Trinajstić information content (AvgIpc) is 3.54. The number of primary amides is 1. The second-order valence-corrected chi connectivity index (χ2v) is 11.3. The van der Waals surface area contributed by atoms with E-state index in [-0.39, 0.29) is 5.91 Å². The first-order chi connectivity index (χ1) is 22.2. The van der Waals surface area contributed by atoms with Crippen LogP contribution in [0.1, 0.15) is 26.4 Å². The van der Waals surface area contributed by atoms with Crippen LogP contribution in [-0.2, 0) is 6.18 Å². The number of hydrogen-bond acceptors (Lipinski definition) is 4. The number of piperazine rings is 1. The van der Waals surface area contributed by atoms with E-state index >= 15 is 0 Å². The molecule has 1 aliphatic rings. The predicted octanol–water partition coefficient (Wildman–Crippen LogP) is 6.93. The first kappa shape index (κ1) is 29.1. The van der Waals surface area contributed by atoms with Crippen molar-refractivity contribution in [3.05, 3.63) is 126 Å². The number of nitrogens with two attached hydrogens (primary N) is 1. The Bertz CT molecular complexity index is 2100. The number of fused-ring (bicyclic) bond motifs is 3. The molecule has 2 heterocycles. The Hall–Kier alpha value is -5.64. The summed E-state index contributed by atoms with van der Waals surface area (Å²) in [6.07, 6.45) is -4.60. The number of carbonyl (C=O) groups is 2. The summed E-state index contributed by atoms with van der Waals surface area (Å²) < 4.78 is 42.9. The van der Waals surface area contributed by atoms with Gasteiger partial charge in [0.05, 0.1) is 11.4 Å². The number of rotatable bonds is 5. The molecule has 1 fully saturated rings. The molecule has 1 aromatic heterocycles. The van der Waals surface area contributed by atoms with Gasteiger partial charge in [-0.25, -0.2) is 4.68 Å². The fourth-order valence-corrected chi connectivity index (χ4v) is 6.03. The number of amides is 2. The number of halogens is 3. The van der Waals surface area contributed by atoms with Gasteiger partial charge in [0, 0.05) is 48.6 Å². The normalized spacial score (nSPS) is 13.8. The predicted molar refractivity (Wildman–Crippen MR) is 172 cm³/mol. The summed E-state index contributed by atoms with van der Waals surface area (Å²) in [5.41, 5.74) is 7.51. The zero-order valence-electron chi connectivity index (χ0n) is 24.5. The van der Waals surface area contributed by atoms with Crippen molar-refractivity contribution in [1.29, 1.82) is 0 Å². The molecule has 2 N–H and O–H groups in total. The van der Waals surface area contributed by atoms with E-state index in [0.29, 0.717) is 54.3 Å². The second-order valence-electron chi connectivity index (χ2n) is 11.3. The molecule has 0 spiro atoms. The lowest BCUT2D eigenvalue weighted by Gasteiger charge is -2.36. The maximum atomic E-state index is 13.9. The maximum Gasteiger partial charge on any atom is 0.435 e. The van der Waals surface area contributed by atoms with Crippen molar-refractivity contribution in [1.82, 2.24) is 14.7 Å². The number of hydrogen-bond donors (Lipinski definition) is 1. The lowest BCUT2D eigenvalue weighted by Crippen LogP contribution is -2.48. The molecule has 6 aromatic rings. The highest BCUT2D eigenvalue weighted by Crippen LogP contribution is 2.35. The summed E-state index contributed by atoms with van der Waals surface area (Å²) in [6, 6.07) is 32.3. The van der Waals surface area contributed by atoms with Crippen LogP contribution in [0.4, 0.5) is 18.9 Å². The molecule has 0 unspecified atom stereocenters. The van der Waals surface area contributed by atoms with E-state index in [9.17, 15) is 22.8 Å². The lowest BCUT2D eigenvalue weighted by atomic mass is 9.99. The van der Waals surface area contributed by atoms with Crippen molar-refractivity contribution < 1.29 is 22.8 Å². The van der Waals surface area contributed by atoms with E-state index in [1.54, 1.807) is 29.2 Å². The van der Waals surface area contributed by atoms with Gasteiger partial charge in [-0.05, 0) is 82.2 Å². The van der Waals surface area contributed by atoms with Gasteiger partial charge in [-0.1, -0.05) is 48.5 Å². The van der Waals surface area contributed by atoms with Crippen LogP contribution in [0.25, 0.3) is 38.5 Å². The molecule has 10 heteroatoms. The maximum absolute atomic E-state index is 13.9. The molecular formula is C36H28F3N5O2. The number of alkyl halides is 3. The van der Waals surface area contributed by atoms with E-state index in [4.69, 9.17) is 5.73 Å². The highest BCUT2D eigenvalue weighted by molar-refractivity contribution is 6.08. The number of nitrogens with zero attached hydrogens (tertiary/aromatic N) is 4. The van der Waals surface area contributed by atoms with Crippen LogP contribution in [0.15, 0.2) is 109 Å². The standard InChI is InChI=1S/C36H28F3N5O2/c37-36(38,39)33-22-32(27-11-16-31-26(21-27)10-5-23-3-1-2-4-30(23)31)44(41-33)29-14-12-28(13-15-29)42-17-19-43(20-18-42)35(46)25-8-6-24(7-9-25)34(40)45/h1-16,21-22H,17-20H2,(H2,40,45). The third-order valence-corrected chi connectivity index (χ3v) is 8.48. The minimum Gasteiger partial charge on any atom is -0.368 e. The fraction of sp³-hybridized carbons (Fsp3) is 0.139. The van der Waals surface area contributed by atoms with Crippen molar-refractivity contribution in [2.75, 3.05) is 31.1 Å². The molecule has 7 rings (SSSR count). The van der Waals surface area contributed by atoms with Crippen LogP contribution < -0.4 is 10.6 Å². The summed E-state index contributed by atoms with van der Waals surface area (Å²) in [4.78, 5) is 28.2. The third-order valence-electron chi connectivity index (χ3n) is 8.48. The highest BCUT2D eigenvalue weighted by Gasteiger charge is 2.35. The van der Waals surface area contributed by atoms with Crippen LogP contribution in [0.5, 0.6) is 0 Å². The Morgan fingerprint density at radius 3 is 2.00 bits per heavy atom. The molecule has 0 radical (unpaired) electrons. The van der Waals surface area contributed by atoms with Crippen molar-refractivity contribution >= 4 is 39.0 Å². The topological polar surface area (TPSA) is 84.5 Å². The summed E-state index contributed by atoms with van der Waals surface area (Å²) in [5, 5.41) is 8.10. The quantitative estimate of drug-likeness (QED) is 0.212. The van der Waals surface area contributed by atoms with Gasteiger partial charge >= 0.3 is 6.18 Å². The highest BCUT2D eigenvalue weighted by atomic mass is 19.4. The molecule has 0 atom stereocenters. The molecule has 1 aliphatic heterocycles. The Balaban J connectivity index is 1.12. The molecule has 0 bridgehead atoms. The minimum absolute atomic E-state index is 0.125. The summed E-state index contributed by atoms with van der Waals surface area (Å²) in [6.45, 7) is 2.16. The van der Waals surface area contributed by atoms with E-state index in [1.165, 1.54) is 16.8 Å². The molecule has 7 nitrogen and oxygen atoms in total. The van der Waals surface area contributed by atoms with Gasteiger partial charge in [-0.3, -0.25) is 9.59 Å². The van der Waals surface area contributed by atoms with E-state index < -0.39 is 17.8 Å². The number of benzene rings is 5. The fourth-order valence-electron chi connectivity index (χ4n) is 6.03. The molecule has 0 saturated carbocycles. The summed E-state index contributed by atoms with van der Waals surface area (Å²) in [7, 11) is 0. The van der Waals surface area contributed by atoms with E-state index in [0.717, 1.165) is 33.3 Å². The SMILES string of the molecule is NC(=O)c1ccc(C(=O)N2CCN(c3ccc(-n4nc(C(F)(F)F)cc4-c4ccc5c(ccc6ccccc65)c4)cc3)CC2)cc1. The van der Waals surface area contributed by atoms with Crippen LogP contribution >= 0.6 is 0 Å². The molecule has 230 valence electrons. The van der Waals surface area contributed by atoms with Crippen LogP contribution in [0.3, 0.4) is 0 Å². The van der Waals surface area contributed by atoms with E-state index in [2.05, 4.69) is 10.00 Å². The molecule has 0 aliphatic carbocycles. The van der Waals surface area contributed by atoms with Crippen LogP contribution in [-0.4, -0.2) is 52.7 Å². The Morgan fingerprint density at radius 2 is 1.30 bits per heavy atom. The largest absolute Gasteiger partial charge is 0.435 e. The first-order valence-corrected chi connectivity index (χ1v) is 14.8. The van der Waals surface area contributed by atoms with Crippen LogP contribution in [0.2, 0.25) is 0 Å². The lowest BCUT2D eigenvalue weighted by molar-refractivity contribution is -0.141. The average molecular weight is 620 g/mol. The smallest absolute Gasteiger partial charge is 0.368 e. The Labute approximate surface area is 262 Å². The second kappa shape index (κ2) is 11.4. The Kier molecular flexibility index (Phi) is 7.19. The van der Waals surface area contributed by atoms with Gasteiger partial charge in [0.1, 0.15) is 0 Å². The molecule has 2 amide bonds. The Morgan fingerprint density at radius 1 is 0.674 bits per heavy atom. The first-order valence-electron chi connectivity index (χ1n) is 14.8. The van der Waals surface area contributed by atoms with Crippen molar-refractivity contribution in [2.24, 2.45) is 5.73 Å². The monoisotopic (exact) mass is 619 g/mol. The van der Waals surface area contributed by atoms with Crippen molar-refractivity contribution in [2.45, 2.75) is 6.18 Å². The van der Waals surface area contributed by atoms with Gasteiger partial charge in [-0.15, -0.1) is 0 Å². The number of aromatic nitrogens is 2. The van der Waals surface area contributed by atoms with Gasteiger partial charge < -0.3 is 15.5 Å². The third kappa shape index (κ3) is 5.42. The molecular weight excluding hydrogens is 591 g/mol. The van der Waals surface area contributed by atoms with Gasteiger partial charge in [0.2, 0.25) is 5.91 Å². The van der Waals surface area contributed by atoms with Crippen LogP contribution in [0, 0.1) is 0 Å². The van der Waals surface area contributed by atoms with Crippen molar-refractivity contribution in [3.63, 3.8) is 0 Å². The van der Waals surface area contributed by atoms with E-state index in [1.807, 2.05) is 66.7 Å². The zero-order valence-corrected chi connectivity index (χ0v) is 24.5. The van der Waals surface area contributed by atoms with Gasteiger partial charge in [-0.2, -0.15) is 18.3 Å². The molecule has 5 aromatic carbocycles. The summed E-state index contributed by atoms with van der Waals surface area (Å²) in [5.74, 6) is -0.676. The number of anilines is 1. The summed E-state index contributed by atoms with van der Waals surface area (Å²) >= 11 is 0.